The Kier molecular flexibility index (Phi) is 3.88. The molecule has 0 spiro atoms. The fraction of sp³-hybridized carbons (Fsp3) is 0.933. The number of amides is 1. The molecule has 2 heterocycles. The Hall–Kier alpha value is -0.570. The molecule has 3 fully saturated rings. The third-order valence-electron chi connectivity index (χ3n) is 5.13. The second kappa shape index (κ2) is 5.60. The number of nitrogens with zero attached hydrogens (tertiary/aromatic N) is 1. The first-order valence-corrected chi connectivity index (χ1v) is 7.90. The van der Waals surface area contributed by atoms with Gasteiger partial charge in [-0.2, -0.15) is 0 Å². The summed E-state index contributed by atoms with van der Waals surface area (Å²) in [6.45, 7) is 2.04. The highest BCUT2D eigenvalue weighted by atomic mass is 16.2. The summed E-state index contributed by atoms with van der Waals surface area (Å²) in [4.78, 5) is 14.9. The number of rotatable bonds is 1. The Morgan fingerprint density at radius 3 is 2.56 bits per heavy atom. The lowest BCUT2D eigenvalue weighted by atomic mass is 9.78. The van der Waals surface area contributed by atoms with Crippen LogP contribution in [0.5, 0.6) is 0 Å². The Bertz CT molecular complexity index is 297. The summed E-state index contributed by atoms with van der Waals surface area (Å²) in [5.74, 6) is 1.21. The van der Waals surface area contributed by atoms with Crippen molar-refractivity contribution in [2.24, 2.45) is 5.92 Å². The zero-order chi connectivity index (χ0) is 12.4. The molecule has 0 bridgehead atoms. The molecular weight excluding hydrogens is 224 g/mol. The van der Waals surface area contributed by atoms with Crippen LogP contribution in [0.1, 0.15) is 57.8 Å². The van der Waals surface area contributed by atoms with Gasteiger partial charge in [0.2, 0.25) is 5.91 Å². The van der Waals surface area contributed by atoms with Crippen molar-refractivity contribution in [3.8, 4) is 0 Å². The SMILES string of the molecule is O=C(C1CCCCN1)N1CCC[C@H]2CCCC[C@H]21. The number of piperidine rings is 2. The first kappa shape index (κ1) is 12.5. The Morgan fingerprint density at radius 1 is 0.944 bits per heavy atom. The van der Waals surface area contributed by atoms with E-state index in [0.717, 1.165) is 25.4 Å². The highest BCUT2D eigenvalue weighted by molar-refractivity contribution is 5.82. The monoisotopic (exact) mass is 250 g/mol. The minimum absolute atomic E-state index is 0.124. The molecule has 0 aromatic carbocycles. The van der Waals surface area contributed by atoms with Crippen LogP contribution >= 0.6 is 0 Å². The van der Waals surface area contributed by atoms with E-state index in [2.05, 4.69) is 10.2 Å². The van der Waals surface area contributed by atoms with E-state index in [9.17, 15) is 4.79 Å². The van der Waals surface area contributed by atoms with E-state index in [-0.39, 0.29) is 6.04 Å². The molecule has 3 heteroatoms. The maximum absolute atomic E-state index is 12.7. The lowest BCUT2D eigenvalue weighted by Gasteiger charge is -2.45. The van der Waals surface area contributed by atoms with Gasteiger partial charge in [-0.05, 0) is 51.0 Å². The van der Waals surface area contributed by atoms with E-state index in [1.54, 1.807) is 0 Å². The van der Waals surface area contributed by atoms with Crippen molar-refractivity contribution < 1.29 is 4.79 Å². The van der Waals surface area contributed by atoms with Crippen LogP contribution in [0.25, 0.3) is 0 Å². The van der Waals surface area contributed by atoms with E-state index in [0.29, 0.717) is 11.9 Å². The third-order valence-corrected chi connectivity index (χ3v) is 5.13. The summed E-state index contributed by atoms with van der Waals surface area (Å²) in [5.41, 5.74) is 0. The van der Waals surface area contributed by atoms with Crippen LogP contribution < -0.4 is 5.32 Å². The van der Waals surface area contributed by atoms with Crippen LogP contribution in [0.4, 0.5) is 0 Å². The summed E-state index contributed by atoms with van der Waals surface area (Å²) in [6, 6.07) is 0.697. The Labute approximate surface area is 110 Å². The molecule has 1 saturated carbocycles. The van der Waals surface area contributed by atoms with Crippen LogP contribution in [-0.2, 0) is 4.79 Å². The minimum atomic E-state index is 0.124. The lowest BCUT2D eigenvalue weighted by Crippen LogP contribution is -2.56. The van der Waals surface area contributed by atoms with E-state index < -0.39 is 0 Å². The van der Waals surface area contributed by atoms with Gasteiger partial charge in [0, 0.05) is 12.6 Å². The molecule has 102 valence electrons. The highest BCUT2D eigenvalue weighted by Gasteiger charge is 2.37. The van der Waals surface area contributed by atoms with Crippen molar-refractivity contribution in [3.05, 3.63) is 0 Å². The van der Waals surface area contributed by atoms with Gasteiger partial charge in [-0.25, -0.2) is 0 Å². The van der Waals surface area contributed by atoms with Crippen molar-refractivity contribution in [1.82, 2.24) is 10.2 Å². The van der Waals surface area contributed by atoms with Gasteiger partial charge in [-0.3, -0.25) is 4.79 Å². The smallest absolute Gasteiger partial charge is 0.239 e. The van der Waals surface area contributed by atoms with E-state index in [1.807, 2.05) is 0 Å². The summed E-state index contributed by atoms with van der Waals surface area (Å²) in [6.07, 6.45) is 11.4. The van der Waals surface area contributed by atoms with Gasteiger partial charge < -0.3 is 10.2 Å². The number of hydrogen-bond donors (Lipinski definition) is 1. The molecule has 18 heavy (non-hydrogen) atoms. The highest BCUT2D eigenvalue weighted by Crippen LogP contribution is 2.35. The fourth-order valence-electron chi connectivity index (χ4n) is 4.16. The molecule has 0 radical (unpaired) electrons. The van der Waals surface area contributed by atoms with Gasteiger partial charge in [0.1, 0.15) is 0 Å². The number of fused-ring (bicyclic) bond motifs is 1. The van der Waals surface area contributed by atoms with E-state index in [4.69, 9.17) is 0 Å². The fourth-order valence-corrected chi connectivity index (χ4v) is 4.16. The van der Waals surface area contributed by atoms with Crippen LogP contribution in [0, 0.1) is 5.92 Å². The van der Waals surface area contributed by atoms with Crippen molar-refractivity contribution in [1.29, 1.82) is 0 Å². The summed E-state index contributed by atoms with van der Waals surface area (Å²) >= 11 is 0. The standard InChI is InChI=1S/C15H26N2O/c18-15(13-8-3-4-10-16-13)17-11-5-7-12-6-1-2-9-14(12)17/h12-14,16H,1-11H2/t12-,13?,14-/m1/s1. The zero-order valence-corrected chi connectivity index (χ0v) is 11.4. The van der Waals surface area contributed by atoms with Crippen molar-refractivity contribution >= 4 is 5.91 Å². The predicted molar refractivity (Wildman–Crippen MR) is 72.3 cm³/mol. The van der Waals surface area contributed by atoms with Gasteiger partial charge in [0.05, 0.1) is 6.04 Å². The van der Waals surface area contributed by atoms with Gasteiger partial charge in [0.15, 0.2) is 0 Å². The molecule has 3 rings (SSSR count). The second-order valence-electron chi connectivity index (χ2n) is 6.29. The largest absolute Gasteiger partial charge is 0.338 e. The molecule has 1 amide bonds. The van der Waals surface area contributed by atoms with Crippen molar-refractivity contribution in [3.63, 3.8) is 0 Å². The molecule has 3 atom stereocenters. The number of nitrogens with one attached hydrogen (secondary N) is 1. The molecule has 3 aliphatic rings. The number of hydrogen-bond acceptors (Lipinski definition) is 2. The summed E-state index contributed by atoms with van der Waals surface area (Å²) in [5, 5.41) is 3.42. The van der Waals surface area contributed by atoms with Crippen molar-refractivity contribution in [2.45, 2.75) is 69.9 Å². The average molecular weight is 250 g/mol. The molecular formula is C15H26N2O. The third kappa shape index (κ3) is 2.42. The van der Waals surface area contributed by atoms with Crippen LogP contribution in [0.15, 0.2) is 0 Å². The normalized spacial score (nSPS) is 37.1. The Balaban J connectivity index is 1.67. The van der Waals surface area contributed by atoms with Crippen LogP contribution in [0.2, 0.25) is 0 Å². The maximum atomic E-state index is 12.7. The van der Waals surface area contributed by atoms with Crippen LogP contribution in [0.3, 0.4) is 0 Å². The molecule has 3 nitrogen and oxygen atoms in total. The number of likely N-dealkylation sites (tertiary alicyclic amines) is 1. The maximum Gasteiger partial charge on any atom is 0.239 e. The molecule has 2 aliphatic heterocycles. The topological polar surface area (TPSA) is 32.3 Å². The molecule has 1 unspecified atom stereocenters. The number of carbonyl (C=O) groups is 1. The second-order valence-corrected chi connectivity index (χ2v) is 6.29. The van der Waals surface area contributed by atoms with Gasteiger partial charge in [-0.15, -0.1) is 0 Å². The van der Waals surface area contributed by atoms with E-state index >= 15 is 0 Å². The molecule has 1 N–H and O–H groups in total. The van der Waals surface area contributed by atoms with Crippen LogP contribution in [-0.4, -0.2) is 36.0 Å². The average Bonchev–Trinajstić information content (AvgIpc) is 2.47. The Morgan fingerprint density at radius 2 is 1.72 bits per heavy atom. The van der Waals surface area contributed by atoms with Gasteiger partial charge >= 0.3 is 0 Å². The number of carbonyl (C=O) groups excluding carboxylic acids is 1. The van der Waals surface area contributed by atoms with Gasteiger partial charge in [0.25, 0.3) is 0 Å². The quantitative estimate of drug-likeness (QED) is 0.774. The van der Waals surface area contributed by atoms with Gasteiger partial charge in [-0.1, -0.05) is 19.3 Å². The first-order valence-electron chi connectivity index (χ1n) is 7.90. The predicted octanol–water partition coefficient (Wildman–Crippen LogP) is 2.31. The molecule has 0 aromatic rings. The molecule has 1 aliphatic carbocycles. The minimum Gasteiger partial charge on any atom is -0.338 e. The molecule has 0 aromatic heterocycles. The van der Waals surface area contributed by atoms with E-state index in [1.165, 1.54) is 51.4 Å². The first-order chi connectivity index (χ1) is 8.86. The lowest BCUT2D eigenvalue weighted by molar-refractivity contribution is -0.140. The molecule has 2 saturated heterocycles. The van der Waals surface area contributed by atoms with Crippen molar-refractivity contribution in [2.75, 3.05) is 13.1 Å². The zero-order valence-electron chi connectivity index (χ0n) is 11.4. The summed E-state index contributed by atoms with van der Waals surface area (Å²) < 4.78 is 0. The summed E-state index contributed by atoms with van der Waals surface area (Å²) in [7, 11) is 0.